The maximum absolute atomic E-state index is 13.0. The maximum atomic E-state index is 13.0. The van der Waals surface area contributed by atoms with Crippen LogP contribution in [0.2, 0.25) is 0 Å². The van der Waals surface area contributed by atoms with E-state index in [1.165, 1.54) is 43.6 Å². The molecule has 33 heavy (non-hydrogen) atoms. The van der Waals surface area contributed by atoms with Crippen LogP contribution in [-0.2, 0) is 9.84 Å². The number of benzene rings is 1. The predicted molar refractivity (Wildman–Crippen MR) is 120 cm³/mol. The number of aliphatic imine (C=N–C) groups is 1. The smallest absolute Gasteiger partial charge is 0.257 e. The molecule has 2 rings (SSSR count). The molecule has 2 aromatic rings. The summed E-state index contributed by atoms with van der Waals surface area (Å²) in [5.41, 5.74) is 0.0886. The molecule has 0 atom stereocenters. The minimum Gasteiger partial charge on any atom is -0.485 e. The number of ether oxygens (including phenoxy) is 2. The Morgan fingerprint density at radius 3 is 2.42 bits per heavy atom. The molecule has 0 spiro atoms. The first kappa shape index (κ1) is 25.9. The van der Waals surface area contributed by atoms with E-state index in [4.69, 9.17) is 9.47 Å². The molecule has 1 N–H and O–H groups in total. The van der Waals surface area contributed by atoms with Crippen molar-refractivity contribution in [2.45, 2.75) is 24.5 Å². The van der Waals surface area contributed by atoms with E-state index in [0.717, 1.165) is 12.7 Å². The average molecular weight is 482 g/mol. The van der Waals surface area contributed by atoms with Gasteiger partial charge < -0.3 is 14.8 Å². The number of halogens is 2. The van der Waals surface area contributed by atoms with E-state index >= 15 is 0 Å². The molecule has 11 heteroatoms. The van der Waals surface area contributed by atoms with E-state index < -0.39 is 35.2 Å². The molecule has 0 bridgehead atoms. The van der Waals surface area contributed by atoms with Gasteiger partial charge >= 0.3 is 0 Å². The summed E-state index contributed by atoms with van der Waals surface area (Å²) in [6, 6.07) is 6.72. The fourth-order valence-electron chi connectivity index (χ4n) is 2.50. The van der Waals surface area contributed by atoms with Gasteiger partial charge in [-0.1, -0.05) is 13.0 Å². The van der Waals surface area contributed by atoms with Crippen molar-refractivity contribution >= 4 is 21.6 Å². The number of sulfone groups is 1. The number of hydrogen-bond donors (Lipinski definition) is 1. The number of pyridine rings is 1. The van der Waals surface area contributed by atoms with Crippen LogP contribution in [0.4, 0.5) is 8.78 Å². The summed E-state index contributed by atoms with van der Waals surface area (Å²) in [6.45, 7) is -0.192. The average Bonchev–Trinajstić information content (AvgIpc) is 2.79. The number of hydrogen-bond acceptors (Lipinski definition) is 7. The highest BCUT2D eigenvalue weighted by atomic mass is 32.2. The number of rotatable bonds is 10. The highest BCUT2D eigenvalue weighted by molar-refractivity contribution is 7.90. The number of alkyl halides is 2. The Labute approximate surface area is 191 Å². The minimum atomic E-state index is -3.48. The number of amides is 1. The lowest BCUT2D eigenvalue weighted by atomic mass is 10.1. The third kappa shape index (κ3) is 7.94. The SMILES string of the molecule is CC/C=C\C(=NC)NC(=O)c1cc(Oc2ccc(S(C)(=O)=O)nc2)cc(OC(CF)CF)c1. The van der Waals surface area contributed by atoms with Crippen molar-refractivity contribution in [3.8, 4) is 17.2 Å². The van der Waals surface area contributed by atoms with Crippen molar-refractivity contribution in [1.82, 2.24) is 10.3 Å². The van der Waals surface area contributed by atoms with E-state index in [1.54, 1.807) is 6.08 Å². The van der Waals surface area contributed by atoms with E-state index in [-0.39, 0.29) is 27.8 Å². The van der Waals surface area contributed by atoms with Crippen molar-refractivity contribution in [1.29, 1.82) is 0 Å². The normalized spacial score (nSPS) is 12.2. The molecule has 8 nitrogen and oxygen atoms in total. The predicted octanol–water partition coefficient (Wildman–Crippen LogP) is 3.69. The summed E-state index contributed by atoms with van der Waals surface area (Å²) >= 11 is 0. The number of allylic oxidation sites excluding steroid dienone is 1. The fraction of sp³-hybridized carbons (Fsp3) is 0.318. The van der Waals surface area contributed by atoms with Crippen LogP contribution in [0.1, 0.15) is 23.7 Å². The van der Waals surface area contributed by atoms with Gasteiger partial charge in [-0.2, -0.15) is 0 Å². The zero-order valence-corrected chi connectivity index (χ0v) is 19.2. The highest BCUT2D eigenvalue weighted by Crippen LogP contribution is 2.28. The lowest BCUT2D eigenvalue weighted by Gasteiger charge is -2.15. The molecule has 0 fully saturated rings. The Hall–Kier alpha value is -3.34. The second kappa shape index (κ2) is 12.0. The number of amidine groups is 1. The summed E-state index contributed by atoms with van der Waals surface area (Å²) in [4.78, 5) is 20.6. The molecule has 0 saturated heterocycles. The number of aromatic nitrogens is 1. The zero-order valence-electron chi connectivity index (χ0n) is 18.4. The van der Waals surface area contributed by atoms with Crippen molar-refractivity contribution in [2.24, 2.45) is 4.99 Å². The quantitative estimate of drug-likeness (QED) is 0.410. The van der Waals surface area contributed by atoms with Crippen LogP contribution in [0.25, 0.3) is 0 Å². The van der Waals surface area contributed by atoms with Gasteiger partial charge in [-0.3, -0.25) is 9.79 Å². The highest BCUT2D eigenvalue weighted by Gasteiger charge is 2.16. The molecule has 1 aromatic carbocycles. The summed E-state index contributed by atoms with van der Waals surface area (Å²) in [5.74, 6) is 0.0795. The number of nitrogens with zero attached hydrogens (tertiary/aromatic N) is 2. The Kier molecular flexibility index (Phi) is 9.46. The maximum Gasteiger partial charge on any atom is 0.257 e. The molecule has 1 aromatic heterocycles. The summed E-state index contributed by atoms with van der Waals surface area (Å²) in [5, 5.41) is 2.50. The Morgan fingerprint density at radius 2 is 1.88 bits per heavy atom. The van der Waals surface area contributed by atoms with Gasteiger partial charge in [0.25, 0.3) is 5.91 Å². The van der Waals surface area contributed by atoms with Gasteiger partial charge in [0.2, 0.25) is 0 Å². The van der Waals surface area contributed by atoms with Gasteiger partial charge in [-0.15, -0.1) is 0 Å². The van der Waals surface area contributed by atoms with Crippen molar-refractivity contribution in [2.75, 3.05) is 26.7 Å². The first-order valence-corrected chi connectivity index (χ1v) is 11.8. The fourth-order valence-corrected chi connectivity index (χ4v) is 3.06. The third-order valence-corrected chi connectivity index (χ3v) is 5.11. The second-order valence-electron chi connectivity index (χ2n) is 6.82. The van der Waals surface area contributed by atoms with Gasteiger partial charge in [0, 0.05) is 24.9 Å². The van der Waals surface area contributed by atoms with Crippen LogP contribution in [0, 0.1) is 0 Å². The topological polar surface area (TPSA) is 107 Å². The summed E-state index contributed by atoms with van der Waals surface area (Å²) < 4.78 is 60.0. The Morgan fingerprint density at radius 1 is 1.18 bits per heavy atom. The monoisotopic (exact) mass is 481 g/mol. The van der Waals surface area contributed by atoms with Gasteiger partial charge in [0.05, 0.1) is 6.20 Å². The zero-order chi connectivity index (χ0) is 24.4. The van der Waals surface area contributed by atoms with Crippen molar-refractivity contribution in [3.63, 3.8) is 0 Å². The van der Waals surface area contributed by atoms with Crippen LogP contribution in [0.5, 0.6) is 17.2 Å². The second-order valence-corrected chi connectivity index (χ2v) is 8.78. The van der Waals surface area contributed by atoms with E-state index in [1.807, 2.05) is 13.0 Å². The molecule has 0 radical (unpaired) electrons. The van der Waals surface area contributed by atoms with Crippen LogP contribution >= 0.6 is 0 Å². The van der Waals surface area contributed by atoms with E-state index in [9.17, 15) is 22.0 Å². The Balaban J connectivity index is 2.36. The van der Waals surface area contributed by atoms with Crippen LogP contribution in [0.3, 0.4) is 0 Å². The molecule has 1 amide bonds. The van der Waals surface area contributed by atoms with Gasteiger partial charge in [-0.25, -0.2) is 22.2 Å². The number of nitrogens with one attached hydrogen (secondary N) is 1. The standard InChI is InChI=1S/C22H25F2N3O5S/c1-4-5-6-20(25-2)27-22(28)15-9-17(11-18(10-15)32-19(12-23)13-24)31-16-7-8-21(26-14-16)33(3,29)30/h5-11,14,19H,4,12-13H2,1-3H3,(H,25,27,28)/b6-5-. The van der Waals surface area contributed by atoms with E-state index in [0.29, 0.717) is 5.84 Å². The lowest BCUT2D eigenvalue weighted by Crippen LogP contribution is -2.29. The van der Waals surface area contributed by atoms with Crippen molar-refractivity contribution < 1.29 is 31.5 Å². The first-order chi connectivity index (χ1) is 15.7. The van der Waals surface area contributed by atoms with Gasteiger partial charge in [0.1, 0.15) is 36.4 Å². The van der Waals surface area contributed by atoms with Crippen LogP contribution in [0.15, 0.2) is 58.7 Å². The molecule has 1 heterocycles. The molecular weight excluding hydrogens is 456 g/mol. The largest absolute Gasteiger partial charge is 0.485 e. The summed E-state index contributed by atoms with van der Waals surface area (Å²) in [6.07, 6.45) is 5.09. The molecular formula is C22H25F2N3O5S. The first-order valence-electron chi connectivity index (χ1n) is 9.92. The van der Waals surface area contributed by atoms with Gasteiger partial charge in [0.15, 0.2) is 21.0 Å². The molecule has 0 saturated carbocycles. The van der Waals surface area contributed by atoms with Crippen molar-refractivity contribution in [3.05, 3.63) is 54.2 Å². The lowest BCUT2D eigenvalue weighted by molar-refractivity contribution is 0.0975. The van der Waals surface area contributed by atoms with Crippen LogP contribution in [-0.4, -0.2) is 57.9 Å². The van der Waals surface area contributed by atoms with Crippen LogP contribution < -0.4 is 14.8 Å². The molecule has 178 valence electrons. The number of carbonyl (C=O) groups excluding carboxylic acids is 1. The minimum absolute atomic E-state index is 0.0118. The van der Waals surface area contributed by atoms with Gasteiger partial charge in [-0.05, 0) is 36.8 Å². The third-order valence-electron chi connectivity index (χ3n) is 4.11. The van der Waals surface area contributed by atoms with E-state index in [2.05, 4.69) is 15.3 Å². The molecule has 0 aliphatic carbocycles. The molecule has 0 aliphatic heterocycles. The Bertz CT molecular complexity index is 1120. The summed E-state index contributed by atoms with van der Waals surface area (Å²) in [7, 11) is -1.97. The molecule has 0 aliphatic rings. The molecule has 0 unspecified atom stereocenters. The number of carbonyl (C=O) groups is 1.